The summed E-state index contributed by atoms with van der Waals surface area (Å²) in [6, 6.07) is 7.60. The lowest BCUT2D eigenvalue weighted by Crippen LogP contribution is -2.45. The Kier molecular flexibility index (Phi) is 6.26. The van der Waals surface area contributed by atoms with Gasteiger partial charge in [-0.05, 0) is 52.3 Å². The normalized spacial score (nSPS) is 15.2. The number of ether oxygens (including phenoxy) is 3. The number of ketones is 1. The quantitative estimate of drug-likeness (QED) is 0.372. The standard InChI is InChI=1S/C28H31NO5/c1-7-8-20-25-18(10-11-19-24(25)16(2)15-28(4,5)29-19)26-21(33-20)12-13-22(27(26)32-6)34-23(31)14-9-17(3)30/h7,10-13,29H,1,8-9,14-15H2,2-6H3. The van der Waals surface area contributed by atoms with Gasteiger partial charge in [-0.1, -0.05) is 17.7 Å². The van der Waals surface area contributed by atoms with Crippen LogP contribution in [-0.4, -0.2) is 24.4 Å². The van der Waals surface area contributed by atoms with Gasteiger partial charge in [-0.3, -0.25) is 4.79 Å². The van der Waals surface area contributed by atoms with Crippen molar-refractivity contribution in [3.8, 4) is 28.4 Å². The van der Waals surface area contributed by atoms with Crippen molar-refractivity contribution < 1.29 is 23.8 Å². The van der Waals surface area contributed by atoms with Gasteiger partial charge in [-0.25, -0.2) is 0 Å². The highest BCUT2D eigenvalue weighted by Crippen LogP contribution is 2.46. The highest BCUT2D eigenvalue weighted by molar-refractivity contribution is 5.88. The van der Waals surface area contributed by atoms with E-state index in [1.165, 1.54) is 12.5 Å². The molecule has 1 N–H and O–H groups in total. The van der Waals surface area contributed by atoms with Gasteiger partial charge in [-0.2, -0.15) is 0 Å². The van der Waals surface area contributed by atoms with Crippen LogP contribution >= 0.6 is 0 Å². The monoisotopic (exact) mass is 461 g/mol. The Hall–Kier alpha value is -3.54. The van der Waals surface area contributed by atoms with Gasteiger partial charge in [0.05, 0.1) is 19.1 Å². The smallest absolute Gasteiger partial charge is 0.311 e. The number of hydrogen-bond acceptors (Lipinski definition) is 6. The molecular formula is C28H31NO5. The summed E-state index contributed by atoms with van der Waals surface area (Å²) in [6.45, 7) is 11.9. The Bertz CT molecular complexity index is 1320. The summed E-state index contributed by atoms with van der Waals surface area (Å²) in [4.78, 5) is 23.6. The van der Waals surface area contributed by atoms with Crippen molar-refractivity contribution in [3.05, 3.63) is 47.4 Å². The predicted molar refractivity (Wildman–Crippen MR) is 133 cm³/mol. The number of methoxy groups -OCH3 is 1. The van der Waals surface area contributed by atoms with E-state index in [-0.39, 0.29) is 24.2 Å². The molecule has 2 aliphatic heterocycles. The fourth-order valence-corrected chi connectivity index (χ4v) is 4.89. The lowest BCUT2D eigenvalue weighted by molar-refractivity contribution is -0.136. The van der Waals surface area contributed by atoms with Gasteiger partial charge in [0.15, 0.2) is 11.5 Å². The van der Waals surface area contributed by atoms with Crippen molar-refractivity contribution in [1.29, 1.82) is 0 Å². The van der Waals surface area contributed by atoms with Crippen LogP contribution < -0.4 is 30.0 Å². The molecule has 2 aromatic rings. The van der Waals surface area contributed by atoms with E-state index in [4.69, 9.17) is 14.2 Å². The van der Waals surface area contributed by atoms with E-state index < -0.39 is 5.97 Å². The van der Waals surface area contributed by atoms with Crippen molar-refractivity contribution in [2.24, 2.45) is 0 Å². The first-order valence-electron chi connectivity index (χ1n) is 11.5. The number of esters is 1. The molecule has 0 aromatic heterocycles. The van der Waals surface area contributed by atoms with Gasteiger partial charge in [0, 0.05) is 40.1 Å². The van der Waals surface area contributed by atoms with Crippen molar-refractivity contribution in [2.45, 2.75) is 58.9 Å². The minimum atomic E-state index is -0.481. The van der Waals surface area contributed by atoms with Gasteiger partial charge in [0.25, 0.3) is 0 Å². The van der Waals surface area contributed by atoms with E-state index in [2.05, 4.69) is 44.8 Å². The van der Waals surface area contributed by atoms with Crippen LogP contribution in [0.3, 0.4) is 0 Å². The first-order valence-corrected chi connectivity index (χ1v) is 11.5. The molecule has 0 fully saturated rings. The Labute approximate surface area is 199 Å². The summed E-state index contributed by atoms with van der Waals surface area (Å²) in [7, 11) is 1.55. The molecule has 0 saturated heterocycles. The molecule has 0 aliphatic carbocycles. The average molecular weight is 462 g/mol. The zero-order valence-corrected chi connectivity index (χ0v) is 20.5. The third-order valence-electron chi connectivity index (χ3n) is 6.12. The van der Waals surface area contributed by atoms with Crippen LogP contribution in [0.1, 0.15) is 53.4 Å². The lowest BCUT2D eigenvalue weighted by Gasteiger charge is -2.34. The number of Topliss-reactive ketones (excluding diaryl/α,β-unsaturated/α-hetero) is 1. The molecule has 0 spiro atoms. The third kappa shape index (κ3) is 4.32. The number of anilines is 1. The molecule has 0 saturated carbocycles. The van der Waals surface area contributed by atoms with Crippen LogP contribution in [0.2, 0.25) is 0 Å². The van der Waals surface area contributed by atoms with E-state index in [1.54, 1.807) is 19.2 Å². The Balaban J connectivity index is 1.93. The number of benzene rings is 2. The molecule has 2 aliphatic rings. The summed E-state index contributed by atoms with van der Waals surface area (Å²) >= 11 is 0. The van der Waals surface area contributed by atoms with Crippen molar-refractivity contribution in [2.75, 3.05) is 12.4 Å². The van der Waals surface area contributed by atoms with Gasteiger partial charge < -0.3 is 24.3 Å². The second-order valence-corrected chi connectivity index (χ2v) is 9.54. The first-order chi connectivity index (χ1) is 16.1. The second kappa shape index (κ2) is 9.01. The van der Waals surface area contributed by atoms with E-state index in [0.29, 0.717) is 23.7 Å². The van der Waals surface area contributed by atoms with Crippen molar-refractivity contribution >= 4 is 28.8 Å². The largest absolute Gasteiger partial charge is 0.492 e. The molecule has 2 aromatic carbocycles. The molecule has 0 unspecified atom stereocenters. The molecule has 178 valence electrons. The fraction of sp³-hybridized carbons (Fsp3) is 0.357. The summed E-state index contributed by atoms with van der Waals surface area (Å²) < 4.78 is 17.7. The zero-order chi connectivity index (χ0) is 24.6. The summed E-state index contributed by atoms with van der Waals surface area (Å²) in [5.41, 5.74) is 3.98. The summed E-state index contributed by atoms with van der Waals surface area (Å²) in [5.74, 6) is 1.64. The van der Waals surface area contributed by atoms with Gasteiger partial charge >= 0.3 is 5.97 Å². The van der Waals surface area contributed by atoms with Crippen LogP contribution in [0.25, 0.3) is 22.5 Å². The molecule has 4 rings (SSSR count). The molecular weight excluding hydrogens is 430 g/mol. The van der Waals surface area contributed by atoms with Crippen LogP contribution in [-0.2, 0) is 9.59 Å². The Morgan fingerprint density at radius 3 is 2.62 bits per heavy atom. The van der Waals surface area contributed by atoms with E-state index in [9.17, 15) is 9.59 Å². The Morgan fingerprint density at radius 2 is 1.94 bits per heavy atom. The summed E-state index contributed by atoms with van der Waals surface area (Å²) in [5, 5.41) is 5.78. The van der Waals surface area contributed by atoms with Crippen LogP contribution in [0.5, 0.6) is 17.2 Å². The molecule has 34 heavy (non-hydrogen) atoms. The van der Waals surface area contributed by atoms with Gasteiger partial charge in [0.2, 0.25) is 0 Å². The molecule has 6 nitrogen and oxygen atoms in total. The molecule has 6 heteroatoms. The van der Waals surface area contributed by atoms with E-state index >= 15 is 0 Å². The number of fused-ring (bicyclic) bond motifs is 5. The lowest BCUT2D eigenvalue weighted by atomic mass is 9.86. The third-order valence-corrected chi connectivity index (χ3v) is 6.12. The molecule has 0 amide bonds. The first kappa shape index (κ1) is 23.6. The average Bonchev–Trinajstić information content (AvgIpc) is 2.76. The number of carbonyl (C=O) groups is 2. The molecule has 0 atom stereocenters. The topological polar surface area (TPSA) is 73.9 Å². The highest BCUT2D eigenvalue weighted by Gasteiger charge is 2.30. The number of hydrogen-bond donors (Lipinski definition) is 1. The maximum absolute atomic E-state index is 12.3. The van der Waals surface area contributed by atoms with Gasteiger partial charge in [-0.15, -0.1) is 6.58 Å². The van der Waals surface area contributed by atoms with Crippen LogP contribution in [0, 0.1) is 0 Å². The maximum Gasteiger partial charge on any atom is 0.311 e. The maximum atomic E-state index is 12.3. The highest BCUT2D eigenvalue weighted by atomic mass is 16.6. The minimum Gasteiger partial charge on any atom is -0.492 e. The number of carbonyl (C=O) groups excluding carboxylic acids is 2. The summed E-state index contributed by atoms with van der Waals surface area (Å²) in [6.07, 6.45) is 3.46. The van der Waals surface area contributed by atoms with E-state index in [0.717, 1.165) is 39.4 Å². The van der Waals surface area contributed by atoms with Crippen LogP contribution in [0.15, 0.2) is 36.9 Å². The van der Waals surface area contributed by atoms with E-state index in [1.807, 2.05) is 6.08 Å². The number of nitrogens with one attached hydrogen (secondary N) is 1. The molecule has 2 heterocycles. The molecule has 0 radical (unpaired) electrons. The SMILES string of the molecule is C=CCC1=c2c(ccc3c2=C(C)CC(C)(C)N3)-c2c(ccc(OC(=O)CCC(C)=O)c2OC)O1. The number of rotatable bonds is 7. The fourth-order valence-electron chi connectivity index (χ4n) is 4.89. The Morgan fingerprint density at radius 1 is 1.18 bits per heavy atom. The minimum absolute atomic E-state index is 0.0169. The second-order valence-electron chi connectivity index (χ2n) is 9.54. The predicted octanol–water partition coefficient (Wildman–Crippen LogP) is 4.48. The van der Waals surface area contributed by atoms with Crippen molar-refractivity contribution in [1.82, 2.24) is 0 Å². The van der Waals surface area contributed by atoms with Crippen molar-refractivity contribution in [3.63, 3.8) is 0 Å². The molecule has 0 bridgehead atoms. The zero-order valence-electron chi connectivity index (χ0n) is 20.5. The van der Waals surface area contributed by atoms with Crippen LogP contribution in [0.4, 0.5) is 5.69 Å². The van der Waals surface area contributed by atoms with Gasteiger partial charge in [0.1, 0.15) is 17.3 Å².